The Morgan fingerprint density at radius 1 is 1.47 bits per heavy atom. The molecule has 4 nitrogen and oxygen atoms in total. The average Bonchev–Trinajstić information content (AvgIpc) is 2.13. The van der Waals surface area contributed by atoms with Gasteiger partial charge in [-0.05, 0) is 34.5 Å². The SMILES string of the molecule is C[O-].Cc1ccc(C(N)=O)nc1Br.Cl.[Na+]. The molecule has 2 N–H and O–H groups in total. The molecule has 15 heavy (non-hydrogen) atoms. The molecule has 0 fully saturated rings. The van der Waals surface area contributed by atoms with E-state index in [-0.39, 0.29) is 47.7 Å². The molecule has 0 aromatic carbocycles. The van der Waals surface area contributed by atoms with E-state index in [4.69, 9.17) is 10.8 Å². The number of hydrogen-bond acceptors (Lipinski definition) is 3. The fourth-order valence-corrected chi connectivity index (χ4v) is 0.964. The number of aryl methyl sites for hydroxylation is 1. The molecule has 0 saturated heterocycles. The van der Waals surface area contributed by atoms with Gasteiger partial charge >= 0.3 is 29.6 Å². The van der Waals surface area contributed by atoms with Crippen LogP contribution in [0.4, 0.5) is 0 Å². The summed E-state index contributed by atoms with van der Waals surface area (Å²) in [6, 6.07) is 3.39. The van der Waals surface area contributed by atoms with Gasteiger partial charge in [-0.15, -0.1) is 12.4 Å². The van der Waals surface area contributed by atoms with Gasteiger partial charge in [0.1, 0.15) is 10.3 Å². The third-order valence-corrected chi connectivity index (χ3v) is 2.09. The summed E-state index contributed by atoms with van der Waals surface area (Å²) in [6.07, 6.45) is 0. The fourth-order valence-electron chi connectivity index (χ4n) is 0.641. The summed E-state index contributed by atoms with van der Waals surface area (Å²) in [6.45, 7) is 1.89. The number of hydrogen-bond donors (Lipinski definition) is 1. The second-order valence-electron chi connectivity index (χ2n) is 2.17. The Morgan fingerprint density at radius 3 is 2.27 bits per heavy atom. The van der Waals surface area contributed by atoms with E-state index in [1.165, 1.54) is 0 Å². The zero-order chi connectivity index (χ0) is 10.4. The summed E-state index contributed by atoms with van der Waals surface area (Å²) in [4.78, 5) is 14.5. The van der Waals surface area contributed by atoms with Gasteiger partial charge in [0.25, 0.3) is 5.91 Å². The van der Waals surface area contributed by atoms with Gasteiger partial charge < -0.3 is 10.8 Å². The number of pyridine rings is 1. The van der Waals surface area contributed by atoms with Crippen LogP contribution in [-0.2, 0) is 0 Å². The molecule has 0 atom stereocenters. The third-order valence-electron chi connectivity index (χ3n) is 1.29. The molecule has 1 aromatic heterocycles. The van der Waals surface area contributed by atoms with Crippen molar-refractivity contribution in [2.24, 2.45) is 5.73 Å². The first kappa shape index (κ1) is 20.7. The molecule has 0 saturated carbocycles. The third kappa shape index (κ3) is 7.27. The number of carbonyl (C=O) groups is 1. The number of aromatic nitrogens is 1. The van der Waals surface area contributed by atoms with Gasteiger partial charge in [0.2, 0.25) is 0 Å². The van der Waals surface area contributed by atoms with Gasteiger partial charge in [0, 0.05) is 0 Å². The Labute approximate surface area is 125 Å². The zero-order valence-electron chi connectivity index (χ0n) is 8.78. The van der Waals surface area contributed by atoms with Crippen LogP contribution in [0.3, 0.4) is 0 Å². The van der Waals surface area contributed by atoms with Crippen LogP contribution >= 0.6 is 28.3 Å². The minimum Gasteiger partial charge on any atom is -0.857 e. The van der Waals surface area contributed by atoms with Crippen LogP contribution in [0, 0.1) is 6.92 Å². The molecule has 0 bridgehead atoms. The molecule has 7 heteroatoms. The van der Waals surface area contributed by atoms with Crippen LogP contribution in [0.2, 0.25) is 0 Å². The Hall–Kier alpha value is 0.350. The molecular formula is C8H11BrClN2NaO2. The van der Waals surface area contributed by atoms with Crippen molar-refractivity contribution in [1.82, 2.24) is 4.98 Å². The van der Waals surface area contributed by atoms with Crippen molar-refractivity contribution in [3.8, 4) is 0 Å². The summed E-state index contributed by atoms with van der Waals surface area (Å²) < 4.78 is 0.661. The summed E-state index contributed by atoms with van der Waals surface area (Å²) in [5.41, 5.74) is 6.27. The Balaban J connectivity index is -0.000000339. The van der Waals surface area contributed by atoms with Gasteiger partial charge in [-0.2, -0.15) is 7.11 Å². The monoisotopic (exact) mass is 304 g/mol. The van der Waals surface area contributed by atoms with Crippen molar-refractivity contribution in [2.75, 3.05) is 7.11 Å². The predicted molar refractivity (Wildman–Crippen MR) is 58.4 cm³/mol. The van der Waals surface area contributed by atoms with Crippen molar-refractivity contribution in [3.05, 3.63) is 28.0 Å². The van der Waals surface area contributed by atoms with Crippen LogP contribution < -0.4 is 40.4 Å². The van der Waals surface area contributed by atoms with Crippen LogP contribution in [0.15, 0.2) is 16.7 Å². The number of nitrogens with zero attached hydrogens (tertiary/aromatic N) is 1. The minimum atomic E-state index is -0.509. The van der Waals surface area contributed by atoms with Crippen molar-refractivity contribution in [2.45, 2.75) is 6.92 Å². The number of amides is 1. The second kappa shape index (κ2) is 10.9. The number of primary amides is 1. The first-order valence-corrected chi connectivity index (χ1v) is 4.24. The number of rotatable bonds is 1. The zero-order valence-corrected chi connectivity index (χ0v) is 13.2. The van der Waals surface area contributed by atoms with Gasteiger partial charge in [-0.3, -0.25) is 4.79 Å². The maximum atomic E-state index is 10.6. The molecule has 0 spiro atoms. The first-order chi connectivity index (χ1) is 6.11. The maximum Gasteiger partial charge on any atom is 1.00 e. The molecule has 0 aliphatic rings. The summed E-state index contributed by atoms with van der Waals surface area (Å²) in [5.74, 6) is -0.509. The molecule has 80 valence electrons. The van der Waals surface area contributed by atoms with E-state index < -0.39 is 5.91 Å². The van der Waals surface area contributed by atoms with E-state index in [9.17, 15) is 4.79 Å². The fraction of sp³-hybridized carbons (Fsp3) is 0.250. The molecule has 0 aliphatic carbocycles. The van der Waals surface area contributed by atoms with Gasteiger partial charge in [0.05, 0.1) is 0 Å². The van der Waals surface area contributed by atoms with E-state index in [0.717, 1.165) is 12.7 Å². The van der Waals surface area contributed by atoms with Crippen molar-refractivity contribution in [1.29, 1.82) is 0 Å². The number of carbonyl (C=O) groups excluding carboxylic acids is 1. The maximum absolute atomic E-state index is 10.6. The molecule has 0 unspecified atom stereocenters. The first-order valence-electron chi connectivity index (χ1n) is 3.45. The van der Waals surface area contributed by atoms with Crippen LogP contribution in [0.1, 0.15) is 16.1 Å². The average molecular weight is 306 g/mol. The molecule has 0 aliphatic heterocycles. The summed E-state index contributed by atoms with van der Waals surface area (Å²) >= 11 is 3.20. The van der Waals surface area contributed by atoms with Crippen molar-refractivity contribution < 1.29 is 39.5 Å². The molecule has 1 heterocycles. The van der Waals surface area contributed by atoms with Crippen LogP contribution in [0.25, 0.3) is 0 Å². The van der Waals surface area contributed by atoms with Gasteiger partial charge in [-0.1, -0.05) is 6.07 Å². The van der Waals surface area contributed by atoms with Crippen molar-refractivity contribution >= 4 is 34.2 Å². The molecule has 0 radical (unpaired) electrons. The minimum absolute atomic E-state index is 0. The smallest absolute Gasteiger partial charge is 0.857 e. The predicted octanol–water partition coefficient (Wildman–Crippen LogP) is -2.35. The van der Waals surface area contributed by atoms with E-state index in [1.807, 2.05) is 6.92 Å². The number of halogens is 2. The Morgan fingerprint density at radius 2 is 1.93 bits per heavy atom. The van der Waals surface area contributed by atoms with Gasteiger partial charge in [-0.25, -0.2) is 4.98 Å². The molecule has 1 aromatic rings. The van der Waals surface area contributed by atoms with E-state index in [2.05, 4.69) is 20.9 Å². The standard InChI is InChI=1S/C7H7BrN2O.CH3O.ClH.Na/c1-4-2-3-5(7(9)11)10-6(4)8;1-2;;/h2-3H,1H3,(H2,9,11);1H3;1H;/q;-1;;+1. The van der Waals surface area contributed by atoms with Crippen molar-refractivity contribution in [3.63, 3.8) is 0 Å². The number of nitrogens with two attached hydrogens (primary N) is 1. The topological polar surface area (TPSA) is 79.0 Å². The Kier molecular flexibility index (Phi) is 15.0. The second-order valence-corrected chi connectivity index (χ2v) is 2.92. The van der Waals surface area contributed by atoms with Gasteiger partial charge in [0.15, 0.2) is 0 Å². The molecular weight excluding hydrogens is 294 g/mol. The van der Waals surface area contributed by atoms with Crippen LogP contribution in [0.5, 0.6) is 0 Å². The summed E-state index contributed by atoms with van der Waals surface area (Å²) in [7, 11) is 0.750. The van der Waals surface area contributed by atoms with E-state index in [1.54, 1.807) is 12.1 Å². The van der Waals surface area contributed by atoms with E-state index >= 15 is 0 Å². The molecule has 1 amide bonds. The van der Waals surface area contributed by atoms with E-state index in [0.29, 0.717) is 4.60 Å². The quantitative estimate of drug-likeness (QED) is 0.466. The normalized spacial score (nSPS) is 7.47. The van der Waals surface area contributed by atoms with Crippen LogP contribution in [-0.4, -0.2) is 18.0 Å². The largest absolute Gasteiger partial charge is 1.00 e. The molecule has 1 rings (SSSR count). The Bertz CT molecular complexity index is 313. The summed E-state index contributed by atoms with van der Waals surface area (Å²) in [5, 5.41) is 8.25.